The molecule has 0 spiro atoms. The Morgan fingerprint density at radius 2 is 1.67 bits per heavy atom. The third kappa shape index (κ3) is 7.20. The van der Waals surface area contributed by atoms with Crippen LogP contribution in [-0.4, -0.2) is 55.3 Å². The maximum atomic E-state index is 14.9. The molecular weight excluding hydrogens is 516 g/mol. The molecule has 5 nitrogen and oxygen atoms in total. The fourth-order valence-corrected chi connectivity index (χ4v) is 5.34. The Morgan fingerprint density at radius 3 is 2.26 bits per heavy atom. The molecule has 2 saturated heterocycles. The smallest absolute Gasteiger partial charge is 0.142 e. The highest BCUT2D eigenvalue weighted by molar-refractivity contribution is 6.31. The molecule has 0 aromatic heterocycles. The van der Waals surface area contributed by atoms with Crippen molar-refractivity contribution in [3.05, 3.63) is 91.6 Å². The summed E-state index contributed by atoms with van der Waals surface area (Å²) in [5.41, 5.74) is 7.61. The lowest BCUT2D eigenvalue weighted by atomic mass is 9.91. The zero-order valence-corrected chi connectivity index (χ0v) is 25.1. The molecule has 212 valence electrons. The summed E-state index contributed by atoms with van der Waals surface area (Å²) in [6.45, 7) is 19.5. The Balaban J connectivity index is 2.17. The van der Waals surface area contributed by atoms with Crippen molar-refractivity contribution in [1.82, 2.24) is 20.4 Å². The van der Waals surface area contributed by atoms with E-state index < -0.39 is 11.6 Å². The minimum absolute atomic E-state index is 0.163. The van der Waals surface area contributed by atoms with Gasteiger partial charge in [-0.25, -0.2) is 13.8 Å². The summed E-state index contributed by atoms with van der Waals surface area (Å²) in [6, 6.07) is 2.22. The molecule has 2 N–H and O–H groups in total. The summed E-state index contributed by atoms with van der Waals surface area (Å²) in [4.78, 5) is 9.14. The lowest BCUT2D eigenvalue weighted by molar-refractivity contribution is 0.297. The molecule has 0 atom stereocenters. The second-order valence-electron chi connectivity index (χ2n) is 10.3. The van der Waals surface area contributed by atoms with Crippen molar-refractivity contribution in [2.75, 3.05) is 39.3 Å². The number of nitrogens with zero attached hydrogens (tertiary/aromatic N) is 3. The number of benzene rings is 1. The lowest BCUT2D eigenvalue weighted by Gasteiger charge is -2.37. The van der Waals surface area contributed by atoms with E-state index in [0.29, 0.717) is 13.1 Å². The van der Waals surface area contributed by atoms with E-state index in [2.05, 4.69) is 67.2 Å². The molecule has 1 aromatic carbocycles. The number of hydrogen-bond acceptors (Lipinski definition) is 5. The maximum Gasteiger partial charge on any atom is 0.142 e. The number of rotatable bonds is 7. The third-order valence-electron chi connectivity index (χ3n) is 7.08. The van der Waals surface area contributed by atoms with Crippen molar-refractivity contribution in [1.29, 1.82) is 0 Å². The SMILES string of the molecule is C/C=N\C(=C/C(=C(C)C)C(=C/C)/C(C)=C1\C(=C(C)C)NCCN1Cc1c(F)ccc(F)c1Cl)N1CCNCC1. The highest BCUT2D eigenvalue weighted by Crippen LogP contribution is 2.35. The predicted octanol–water partition coefficient (Wildman–Crippen LogP) is 6.71. The molecule has 1 aromatic rings. The first-order valence-electron chi connectivity index (χ1n) is 13.6. The van der Waals surface area contributed by atoms with Crippen LogP contribution in [0.5, 0.6) is 0 Å². The van der Waals surface area contributed by atoms with Gasteiger partial charge in [0, 0.05) is 57.6 Å². The number of nitrogens with one attached hydrogen (secondary N) is 2. The molecule has 3 rings (SSSR count). The number of allylic oxidation sites excluding steroid dienone is 7. The van der Waals surface area contributed by atoms with Crippen LogP contribution in [0.15, 0.2) is 74.4 Å². The van der Waals surface area contributed by atoms with Gasteiger partial charge in [0.2, 0.25) is 0 Å². The van der Waals surface area contributed by atoms with E-state index in [9.17, 15) is 8.78 Å². The summed E-state index contributed by atoms with van der Waals surface area (Å²) in [5.74, 6) is -0.189. The van der Waals surface area contributed by atoms with Crippen molar-refractivity contribution in [2.45, 2.75) is 55.0 Å². The zero-order valence-electron chi connectivity index (χ0n) is 24.3. The monoisotopic (exact) mass is 557 g/mol. The first kappa shape index (κ1) is 30.6. The maximum absolute atomic E-state index is 14.9. The molecular formula is C31H42ClF2N5. The van der Waals surface area contributed by atoms with Gasteiger partial charge in [-0.1, -0.05) is 28.8 Å². The first-order chi connectivity index (χ1) is 18.6. The molecule has 8 heteroatoms. The number of halogens is 3. The van der Waals surface area contributed by atoms with Gasteiger partial charge in [-0.3, -0.25) is 0 Å². The van der Waals surface area contributed by atoms with E-state index in [1.54, 1.807) is 0 Å². The molecule has 39 heavy (non-hydrogen) atoms. The van der Waals surface area contributed by atoms with Crippen LogP contribution < -0.4 is 10.6 Å². The zero-order chi connectivity index (χ0) is 28.7. The molecule has 0 bridgehead atoms. The second kappa shape index (κ2) is 13.9. The molecule has 0 unspecified atom stereocenters. The van der Waals surface area contributed by atoms with Gasteiger partial charge in [0.1, 0.15) is 17.5 Å². The van der Waals surface area contributed by atoms with Crippen molar-refractivity contribution in [3.63, 3.8) is 0 Å². The van der Waals surface area contributed by atoms with Gasteiger partial charge in [-0.15, -0.1) is 0 Å². The highest BCUT2D eigenvalue weighted by Gasteiger charge is 2.27. The van der Waals surface area contributed by atoms with Crippen molar-refractivity contribution in [2.24, 2.45) is 4.99 Å². The van der Waals surface area contributed by atoms with E-state index in [4.69, 9.17) is 16.6 Å². The fraction of sp³-hybridized carbons (Fsp3) is 0.452. The summed E-state index contributed by atoms with van der Waals surface area (Å²) in [7, 11) is 0. The normalized spacial score (nSPS) is 18.5. The number of hydrogen-bond donors (Lipinski definition) is 2. The van der Waals surface area contributed by atoms with Crippen LogP contribution in [0.2, 0.25) is 5.02 Å². The molecule has 0 amide bonds. The van der Waals surface area contributed by atoms with Crippen LogP contribution >= 0.6 is 11.6 Å². The standard InChI is InChI=1S/C31H42ClF2N5/c1-8-23(24(20(3)4)18-28(36-9-2)38-15-12-35-13-16-38)22(7)31-30(21(5)6)37-14-17-39(31)19-25-26(33)10-11-27(34)29(25)32/h8-11,18,35,37H,12-17,19H2,1-7H3/b23-8+,28-18+,31-22+,36-9-. The van der Waals surface area contributed by atoms with Crippen LogP contribution in [0.3, 0.4) is 0 Å². The van der Waals surface area contributed by atoms with E-state index in [-0.39, 0.29) is 17.1 Å². The average molecular weight is 558 g/mol. The van der Waals surface area contributed by atoms with Gasteiger partial charge in [0.15, 0.2) is 0 Å². The minimum atomic E-state index is -0.615. The van der Waals surface area contributed by atoms with E-state index >= 15 is 0 Å². The van der Waals surface area contributed by atoms with Gasteiger partial charge >= 0.3 is 0 Å². The Morgan fingerprint density at radius 1 is 1.00 bits per heavy atom. The Labute approximate surface area is 237 Å². The third-order valence-corrected chi connectivity index (χ3v) is 7.49. The quantitative estimate of drug-likeness (QED) is 0.222. The fourth-order valence-electron chi connectivity index (χ4n) is 5.13. The van der Waals surface area contributed by atoms with Crippen LogP contribution in [-0.2, 0) is 6.54 Å². The minimum Gasteiger partial charge on any atom is -0.382 e. The van der Waals surface area contributed by atoms with Crippen molar-refractivity contribution < 1.29 is 8.78 Å². The lowest BCUT2D eigenvalue weighted by Crippen LogP contribution is -2.42. The van der Waals surface area contributed by atoms with Gasteiger partial charge in [0.05, 0.1) is 16.4 Å². The Hall–Kier alpha value is -2.90. The molecule has 0 saturated carbocycles. The van der Waals surface area contributed by atoms with Gasteiger partial charge in [0.25, 0.3) is 0 Å². The molecule has 0 aliphatic carbocycles. The van der Waals surface area contributed by atoms with Gasteiger partial charge < -0.3 is 20.4 Å². The van der Waals surface area contributed by atoms with E-state index in [1.165, 1.54) is 0 Å². The Kier molecular flexibility index (Phi) is 11.0. The Bertz CT molecular complexity index is 1240. The number of piperazine rings is 2. The largest absolute Gasteiger partial charge is 0.382 e. The predicted molar refractivity (Wildman–Crippen MR) is 160 cm³/mol. The second-order valence-corrected chi connectivity index (χ2v) is 10.6. The molecule has 2 fully saturated rings. The van der Waals surface area contributed by atoms with Crippen LogP contribution in [0.25, 0.3) is 0 Å². The molecule has 2 aliphatic heterocycles. The van der Waals surface area contributed by atoms with Crippen LogP contribution in [0, 0.1) is 11.6 Å². The first-order valence-corrected chi connectivity index (χ1v) is 14.0. The van der Waals surface area contributed by atoms with Crippen molar-refractivity contribution in [3.8, 4) is 0 Å². The van der Waals surface area contributed by atoms with Crippen molar-refractivity contribution >= 4 is 17.8 Å². The number of aliphatic imine (C=N–C) groups is 1. The summed E-state index contributed by atoms with van der Waals surface area (Å²) < 4.78 is 29.1. The van der Waals surface area contributed by atoms with E-state index in [0.717, 1.165) is 83.4 Å². The summed E-state index contributed by atoms with van der Waals surface area (Å²) >= 11 is 6.25. The molecule has 2 heterocycles. The van der Waals surface area contributed by atoms with Gasteiger partial charge in [-0.05, 0) is 83.4 Å². The molecule has 0 radical (unpaired) electrons. The van der Waals surface area contributed by atoms with Crippen LogP contribution in [0.1, 0.15) is 54.0 Å². The summed E-state index contributed by atoms with van der Waals surface area (Å²) in [6.07, 6.45) is 6.13. The highest BCUT2D eigenvalue weighted by atomic mass is 35.5. The topological polar surface area (TPSA) is 42.9 Å². The summed E-state index contributed by atoms with van der Waals surface area (Å²) in [5, 5.41) is 6.79. The molecule has 2 aliphatic rings. The van der Waals surface area contributed by atoms with E-state index in [1.807, 2.05) is 20.1 Å². The van der Waals surface area contributed by atoms with Gasteiger partial charge in [-0.2, -0.15) is 0 Å². The average Bonchev–Trinajstić information content (AvgIpc) is 2.92. The van der Waals surface area contributed by atoms with Crippen LogP contribution in [0.4, 0.5) is 8.78 Å².